The third-order valence-electron chi connectivity index (χ3n) is 3.82. The lowest BCUT2D eigenvalue weighted by Crippen LogP contribution is -2.19. The van der Waals surface area contributed by atoms with Crippen molar-refractivity contribution in [1.29, 1.82) is 0 Å². The lowest BCUT2D eigenvalue weighted by Gasteiger charge is -2.13. The maximum absolute atomic E-state index is 5.90. The Labute approximate surface area is 125 Å². The summed E-state index contributed by atoms with van der Waals surface area (Å²) in [5, 5.41) is 4.65. The van der Waals surface area contributed by atoms with Crippen molar-refractivity contribution in [2.24, 2.45) is 0 Å². The van der Waals surface area contributed by atoms with Gasteiger partial charge < -0.3 is 9.73 Å². The maximum atomic E-state index is 5.90. The number of para-hydroxylation sites is 1. The summed E-state index contributed by atoms with van der Waals surface area (Å²) in [5.74, 6) is 0.928. The molecule has 3 aromatic rings. The van der Waals surface area contributed by atoms with Crippen LogP contribution in [0.15, 0.2) is 59.0 Å². The van der Waals surface area contributed by atoms with E-state index in [4.69, 9.17) is 4.42 Å². The van der Waals surface area contributed by atoms with E-state index < -0.39 is 0 Å². The third kappa shape index (κ3) is 3.01. The molecule has 0 aliphatic carbocycles. The molecule has 21 heavy (non-hydrogen) atoms. The van der Waals surface area contributed by atoms with Crippen LogP contribution in [0.25, 0.3) is 22.3 Å². The second kappa shape index (κ2) is 6.15. The maximum Gasteiger partial charge on any atom is 0.135 e. The predicted octanol–water partition coefficient (Wildman–Crippen LogP) is 5.16. The Kier molecular flexibility index (Phi) is 4.07. The first-order valence-corrected chi connectivity index (χ1v) is 7.60. The minimum absolute atomic E-state index is 0.384. The van der Waals surface area contributed by atoms with Crippen LogP contribution in [0.3, 0.4) is 0 Å². The van der Waals surface area contributed by atoms with Gasteiger partial charge in [0.15, 0.2) is 0 Å². The first-order chi connectivity index (χ1) is 10.3. The number of nitrogens with one attached hydrogen (secondary N) is 1. The monoisotopic (exact) mass is 279 g/mol. The fraction of sp³-hybridized carbons (Fsp3) is 0.263. The molecule has 1 heterocycles. The number of fused-ring (bicyclic) bond motifs is 1. The number of hydrogen-bond acceptors (Lipinski definition) is 2. The second-order valence-corrected chi connectivity index (χ2v) is 5.45. The molecular formula is C19H21NO. The number of rotatable bonds is 5. The molecule has 1 N–H and O–H groups in total. The van der Waals surface area contributed by atoms with Gasteiger partial charge in [0.25, 0.3) is 0 Å². The van der Waals surface area contributed by atoms with Crippen LogP contribution in [0.2, 0.25) is 0 Å². The smallest absolute Gasteiger partial charge is 0.135 e. The highest BCUT2D eigenvalue weighted by Gasteiger charge is 2.08. The number of furan rings is 1. The Balaban J connectivity index is 1.83. The Morgan fingerprint density at radius 1 is 1.05 bits per heavy atom. The molecule has 1 atom stereocenters. The highest BCUT2D eigenvalue weighted by atomic mass is 16.3. The van der Waals surface area contributed by atoms with Gasteiger partial charge in [-0.1, -0.05) is 49.4 Å². The summed E-state index contributed by atoms with van der Waals surface area (Å²) in [6, 6.07) is 19.2. The van der Waals surface area contributed by atoms with Gasteiger partial charge in [-0.15, -0.1) is 0 Å². The van der Waals surface area contributed by atoms with E-state index in [1.165, 1.54) is 5.56 Å². The van der Waals surface area contributed by atoms with E-state index in [0.717, 1.165) is 35.3 Å². The van der Waals surface area contributed by atoms with Gasteiger partial charge in [0.1, 0.15) is 11.3 Å². The van der Waals surface area contributed by atoms with Crippen molar-refractivity contribution in [1.82, 2.24) is 5.32 Å². The largest absolute Gasteiger partial charge is 0.456 e. The van der Waals surface area contributed by atoms with Crippen molar-refractivity contribution in [2.75, 3.05) is 6.54 Å². The van der Waals surface area contributed by atoms with Crippen LogP contribution < -0.4 is 5.32 Å². The summed E-state index contributed by atoms with van der Waals surface area (Å²) in [7, 11) is 0. The van der Waals surface area contributed by atoms with Gasteiger partial charge in [-0.3, -0.25) is 0 Å². The van der Waals surface area contributed by atoms with E-state index >= 15 is 0 Å². The average molecular weight is 279 g/mol. The molecule has 0 bridgehead atoms. The zero-order valence-electron chi connectivity index (χ0n) is 12.6. The van der Waals surface area contributed by atoms with Gasteiger partial charge >= 0.3 is 0 Å². The van der Waals surface area contributed by atoms with Crippen LogP contribution in [0, 0.1) is 0 Å². The van der Waals surface area contributed by atoms with Gasteiger partial charge in [0.2, 0.25) is 0 Å². The van der Waals surface area contributed by atoms with E-state index in [1.54, 1.807) is 0 Å². The zero-order chi connectivity index (χ0) is 14.7. The van der Waals surface area contributed by atoms with Crippen LogP contribution >= 0.6 is 0 Å². The Morgan fingerprint density at radius 2 is 1.81 bits per heavy atom. The molecule has 2 nitrogen and oxygen atoms in total. The SMILES string of the molecule is CCCNC(C)c1ccc(-c2cc3ccccc3o2)cc1. The standard InChI is InChI=1S/C19H21NO/c1-3-12-20-14(2)15-8-10-16(11-9-15)19-13-17-6-4-5-7-18(17)21-19/h4-11,13-14,20H,3,12H2,1-2H3. The molecular weight excluding hydrogens is 258 g/mol. The van der Waals surface area contributed by atoms with Crippen molar-refractivity contribution in [3.8, 4) is 11.3 Å². The molecule has 1 aromatic heterocycles. The highest BCUT2D eigenvalue weighted by Crippen LogP contribution is 2.28. The fourth-order valence-electron chi connectivity index (χ4n) is 2.54. The summed E-state index contributed by atoms with van der Waals surface area (Å²) in [6.45, 7) is 5.43. The Hall–Kier alpha value is -2.06. The summed E-state index contributed by atoms with van der Waals surface area (Å²) < 4.78 is 5.90. The van der Waals surface area contributed by atoms with Crippen molar-refractivity contribution >= 4 is 11.0 Å². The van der Waals surface area contributed by atoms with E-state index in [1.807, 2.05) is 18.2 Å². The molecule has 2 aromatic carbocycles. The van der Waals surface area contributed by atoms with Gasteiger partial charge in [-0.05, 0) is 37.6 Å². The van der Waals surface area contributed by atoms with E-state index in [-0.39, 0.29) is 0 Å². The lowest BCUT2D eigenvalue weighted by atomic mass is 10.0. The molecule has 0 spiro atoms. The number of benzene rings is 2. The van der Waals surface area contributed by atoms with Crippen LogP contribution in [0.1, 0.15) is 31.9 Å². The van der Waals surface area contributed by atoms with Crippen LogP contribution in [0.4, 0.5) is 0 Å². The molecule has 0 amide bonds. The van der Waals surface area contributed by atoms with Crippen LogP contribution in [-0.2, 0) is 0 Å². The Bertz CT molecular complexity index is 679. The predicted molar refractivity (Wildman–Crippen MR) is 88.4 cm³/mol. The highest BCUT2D eigenvalue weighted by molar-refractivity contribution is 5.82. The quantitative estimate of drug-likeness (QED) is 0.697. The Morgan fingerprint density at radius 3 is 2.52 bits per heavy atom. The van der Waals surface area contributed by atoms with Crippen LogP contribution in [-0.4, -0.2) is 6.54 Å². The van der Waals surface area contributed by atoms with Crippen molar-refractivity contribution in [3.63, 3.8) is 0 Å². The average Bonchev–Trinajstić information content (AvgIpc) is 2.96. The lowest BCUT2D eigenvalue weighted by molar-refractivity contribution is 0.570. The summed E-state index contributed by atoms with van der Waals surface area (Å²) >= 11 is 0. The van der Waals surface area contributed by atoms with Crippen molar-refractivity contribution < 1.29 is 4.42 Å². The topological polar surface area (TPSA) is 25.2 Å². The van der Waals surface area contributed by atoms with Crippen molar-refractivity contribution in [2.45, 2.75) is 26.3 Å². The first-order valence-electron chi connectivity index (χ1n) is 7.60. The summed E-state index contributed by atoms with van der Waals surface area (Å²) in [6.07, 6.45) is 1.15. The molecule has 0 radical (unpaired) electrons. The minimum Gasteiger partial charge on any atom is -0.456 e. The van der Waals surface area contributed by atoms with E-state index in [2.05, 4.69) is 55.6 Å². The fourth-order valence-corrected chi connectivity index (χ4v) is 2.54. The molecule has 2 heteroatoms. The third-order valence-corrected chi connectivity index (χ3v) is 3.82. The van der Waals surface area contributed by atoms with Gasteiger partial charge in [-0.2, -0.15) is 0 Å². The number of hydrogen-bond donors (Lipinski definition) is 1. The molecule has 0 aliphatic rings. The van der Waals surface area contributed by atoms with Gasteiger partial charge in [0.05, 0.1) is 0 Å². The molecule has 108 valence electrons. The summed E-state index contributed by atoms with van der Waals surface area (Å²) in [5.41, 5.74) is 3.37. The minimum atomic E-state index is 0.384. The van der Waals surface area contributed by atoms with Gasteiger partial charge in [-0.25, -0.2) is 0 Å². The van der Waals surface area contributed by atoms with Crippen molar-refractivity contribution in [3.05, 3.63) is 60.2 Å². The second-order valence-electron chi connectivity index (χ2n) is 5.45. The molecule has 0 saturated carbocycles. The zero-order valence-corrected chi connectivity index (χ0v) is 12.6. The molecule has 1 unspecified atom stereocenters. The van der Waals surface area contributed by atoms with Crippen LogP contribution in [0.5, 0.6) is 0 Å². The molecule has 0 fully saturated rings. The first kappa shape index (κ1) is 13.9. The van der Waals surface area contributed by atoms with E-state index in [0.29, 0.717) is 6.04 Å². The van der Waals surface area contributed by atoms with Gasteiger partial charge in [0, 0.05) is 17.0 Å². The summed E-state index contributed by atoms with van der Waals surface area (Å²) in [4.78, 5) is 0. The normalized spacial score (nSPS) is 12.7. The molecule has 3 rings (SSSR count). The molecule has 0 saturated heterocycles. The molecule has 0 aliphatic heterocycles. The van der Waals surface area contributed by atoms with E-state index in [9.17, 15) is 0 Å².